The Morgan fingerprint density at radius 1 is 1.19 bits per heavy atom. The smallest absolute Gasteiger partial charge is 0.329 e. The zero-order valence-corrected chi connectivity index (χ0v) is 18.5. The summed E-state index contributed by atoms with van der Waals surface area (Å²) < 4.78 is 5.51. The van der Waals surface area contributed by atoms with Gasteiger partial charge in [-0.15, -0.1) is 0 Å². The van der Waals surface area contributed by atoms with E-state index in [1.807, 2.05) is 30.3 Å². The van der Waals surface area contributed by atoms with Crippen LogP contribution in [0.1, 0.15) is 36.7 Å². The molecule has 0 saturated carbocycles. The van der Waals surface area contributed by atoms with Crippen molar-refractivity contribution in [1.82, 2.24) is 10.6 Å². The summed E-state index contributed by atoms with van der Waals surface area (Å²) in [5.41, 5.74) is 0.943. The summed E-state index contributed by atoms with van der Waals surface area (Å²) in [5, 5.41) is 5.85. The van der Waals surface area contributed by atoms with Crippen LogP contribution in [-0.4, -0.2) is 42.6 Å². The molecule has 1 aliphatic heterocycles. The van der Waals surface area contributed by atoms with Crippen LogP contribution in [0.2, 0.25) is 5.02 Å². The van der Waals surface area contributed by atoms with Gasteiger partial charge in [-0.1, -0.05) is 41.9 Å². The molecule has 1 aliphatic rings. The van der Waals surface area contributed by atoms with Crippen molar-refractivity contribution in [3.05, 3.63) is 64.7 Å². The number of esters is 1. The van der Waals surface area contributed by atoms with Crippen LogP contribution in [0.15, 0.2) is 48.5 Å². The molecule has 1 fully saturated rings. The second-order valence-electron chi connectivity index (χ2n) is 8.30. The molecule has 8 heteroatoms. The quantitative estimate of drug-likeness (QED) is 0.668. The lowest BCUT2D eigenvalue weighted by Gasteiger charge is -2.25. The number of ether oxygens (including phenoxy) is 1. The number of amides is 3. The molecule has 0 radical (unpaired) electrons. The van der Waals surface area contributed by atoms with E-state index < -0.39 is 23.5 Å². The van der Waals surface area contributed by atoms with Crippen LogP contribution in [-0.2, 0) is 16.0 Å². The van der Waals surface area contributed by atoms with Gasteiger partial charge < -0.3 is 15.4 Å². The second-order valence-corrected chi connectivity index (χ2v) is 8.71. The van der Waals surface area contributed by atoms with Gasteiger partial charge in [0.15, 0.2) is 0 Å². The molecule has 1 atom stereocenters. The maximum absolute atomic E-state index is 13.0. The minimum absolute atomic E-state index is 0.268. The normalized spacial score (nSPS) is 14.7. The second kappa shape index (κ2) is 9.39. The van der Waals surface area contributed by atoms with Crippen LogP contribution in [0.4, 0.5) is 10.5 Å². The van der Waals surface area contributed by atoms with Gasteiger partial charge in [0.25, 0.3) is 5.91 Å². The van der Waals surface area contributed by atoms with Crippen LogP contribution in [0.3, 0.4) is 0 Å². The summed E-state index contributed by atoms with van der Waals surface area (Å²) in [5.74, 6) is -0.970. The van der Waals surface area contributed by atoms with Gasteiger partial charge in [0.2, 0.25) is 0 Å². The molecule has 31 heavy (non-hydrogen) atoms. The largest absolute Gasteiger partial charge is 0.458 e. The summed E-state index contributed by atoms with van der Waals surface area (Å²) in [7, 11) is 0. The van der Waals surface area contributed by atoms with Crippen molar-refractivity contribution in [3.63, 3.8) is 0 Å². The number of carbonyl (C=O) groups is 3. The van der Waals surface area contributed by atoms with Crippen molar-refractivity contribution in [2.75, 3.05) is 18.0 Å². The molecule has 164 valence electrons. The van der Waals surface area contributed by atoms with Crippen molar-refractivity contribution in [1.29, 1.82) is 0 Å². The van der Waals surface area contributed by atoms with Crippen molar-refractivity contribution in [2.24, 2.45) is 0 Å². The van der Waals surface area contributed by atoms with Gasteiger partial charge in [0, 0.05) is 25.1 Å². The summed E-state index contributed by atoms with van der Waals surface area (Å²) in [4.78, 5) is 39.3. The first-order chi connectivity index (χ1) is 14.6. The predicted molar refractivity (Wildman–Crippen MR) is 119 cm³/mol. The first-order valence-corrected chi connectivity index (χ1v) is 10.4. The zero-order valence-electron chi connectivity index (χ0n) is 17.8. The third-order valence-electron chi connectivity index (χ3n) is 4.64. The molecule has 2 aromatic rings. The van der Waals surface area contributed by atoms with Crippen molar-refractivity contribution < 1.29 is 19.1 Å². The molecule has 3 amide bonds. The molecule has 0 aromatic heterocycles. The zero-order chi connectivity index (χ0) is 22.6. The minimum Gasteiger partial charge on any atom is -0.458 e. The van der Waals surface area contributed by atoms with Crippen molar-refractivity contribution in [3.8, 4) is 0 Å². The summed E-state index contributed by atoms with van der Waals surface area (Å²) in [6.07, 6.45) is 0.288. The van der Waals surface area contributed by atoms with Gasteiger partial charge in [0.05, 0.1) is 10.7 Å². The van der Waals surface area contributed by atoms with Gasteiger partial charge in [-0.05, 0) is 44.5 Å². The van der Waals surface area contributed by atoms with E-state index in [0.717, 1.165) is 5.56 Å². The molecule has 1 heterocycles. The van der Waals surface area contributed by atoms with Gasteiger partial charge in [-0.3, -0.25) is 9.69 Å². The molecule has 0 spiro atoms. The average molecular weight is 444 g/mol. The predicted octanol–water partition coefficient (Wildman–Crippen LogP) is 3.55. The van der Waals surface area contributed by atoms with Gasteiger partial charge in [0.1, 0.15) is 11.6 Å². The third-order valence-corrected chi connectivity index (χ3v) is 4.95. The Kier molecular flexibility index (Phi) is 6.85. The van der Waals surface area contributed by atoms with Crippen LogP contribution >= 0.6 is 11.6 Å². The first-order valence-electron chi connectivity index (χ1n) is 10.1. The van der Waals surface area contributed by atoms with E-state index in [1.54, 1.807) is 39.0 Å². The maximum Gasteiger partial charge on any atom is 0.329 e. The van der Waals surface area contributed by atoms with Gasteiger partial charge in [-0.25, -0.2) is 9.59 Å². The SMILES string of the molecule is CC(C)(C)OC(=O)[C@@H](Cc1ccccc1)NC(=O)c1ccc(Cl)c(N2CCNC2=O)c1. The fraction of sp³-hybridized carbons (Fsp3) is 0.348. The number of halogens is 1. The number of hydrogen-bond donors (Lipinski definition) is 2. The highest BCUT2D eigenvalue weighted by atomic mass is 35.5. The Morgan fingerprint density at radius 2 is 1.90 bits per heavy atom. The van der Waals surface area contributed by atoms with Gasteiger partial charge in [-0.2, -0.15) is 0 Å². The molecular formula is C23H26ClN3O4. The Labute approximate surface area is 186 Å². The number of urea groups is 1. The van der Waals surface area contributed by atoms with E-state index in [1.165, 1.54) is 4.90 Å². The highest BCUT2D eigenvalue weighted by Crippen LogP contribution is 2.28. The van der Waals surface area contributed by atoms with E-state index in [2.05, 4.69) is 10.6 Å². The average Bonchev–Trinajstić information content (AvgIpc) is 3.13. The van der Waals surface area contributed by atoms with E-state index in [-0.39, 0.29) is 12.5 Å². The van der Waals surface area contributed by atoms with E-state index in [4.69, 9.17) is 16.3 Å². The number of rotatable bonds is 6. The van der Waals surface area contributed by atoms with E-state index in [9.17, 15) is 14.4 Å². The molecule has 1 saturated heterocycles. The molecule has 7 nitrogen and oxygen atoms in total. The molecule has 2 aromatic carbocycles. The summed E-state index contributed by atoms with van der Waals surface area (Å²) in [6, 6.07) is 12.9. The summed E-state index contributed by atoms with van der Waals surface area (Å²) >= 11 is 6.25. The lowest BCUT2D eigenvalue weighted by molar-refractivity contribution is -0.157. The Hall–Kier alpha value is -3.06. The number of carbonyl (C=O) groups excluding carboxylic acids is 3. The standard InChI is InChI=1S/C23H26ClN3O4/c1-23(2,3)31-21(29)18(13-15-7-5-4-6-8-15)26-20(28)16-9-10-17(24)19(14-16)27-12-11-25-22(27)30/h4-10,14,18H,11-13H2,1-3H3,(H,25,30)(H,26,28)/t18-/m1/s1. The monoisotopic (exact) mass is 443 g/mol. The maximum atomic E-state index is 13.0. The molecular weight excluding hydrogens is 418 g/mol. The fourth-order valence-corrected chi connectivity index (χ4v) is 3.44. The van der Waals surface area contributed by atoms with Crippen LogP contribution in [0.25, 0.3) is 0 Å². The Morgan fingerprint density at radius 3 is 2.52 bits per heavy atom. The van der Waals surface area contributed by atoms with Crippen LogP contribution in [0, 0.1) is 0 Å². The highest BCUT2D eigenvalue weighted by molar-refractivity contribution is 6.34. The Bertz CT molecular complexity index is 973. The molecule has 3 rings (SSSR count). The molecule has 2 N–H and O–H groups in total. The number of nitrogens with one attached hydrogen (secondary N) is 2. The molecule has 0 unspecified atom stereocenters. The highest BCUT2D eigenvalue weighted by Gasteiger charge is 2.28. The number of anilines is 1. The van der Waals surface area contributed by atoms with Crippen LogP contribution in [0.5, 0.6) is 0 Å². The van der Waals surface area contributed by atoms with E-state index >= 15 is 0 Å². The number of benzene rings is 2. The van der Waals surface area contributed by atoms with E-state index in [0.29, 0.717) is 29.4 Å². The third kappa shape index (κ3) is 5.98. The van der Waals surface area contributed by atoms with Gasteiger partial charge >= 0.3 is 12.0 Å². The first kappa shape index (κ1) is 22.6. The number of hydrogen-bond acceptors (Lipinski definition) is 4. The number of nitrogens with zero attached hydrogens (tertiary/aromatic N) is 1. The summed E-state index contributed by atoms with van der Waals surface area (Å²) in [6.45, 7) is 6.29. The lowest BCUT2D eigenvalue weighted by Crippen LogP contribution is -2.45. The van der Waals surface area contributed by atoms with Crippen molar-refractivity contribution >= 4 is 35.2 Å². The minimum atomic E-state index is -0.872. The Balaban J connectivity index is 1.82. The molecule has 0 aliphatic carbocycles. The topological polar surface area (TPSA) is 87.7 Å². The fourth-order valence-electron chi connectivity index (χ4n) is 3.22. The van der Waals surface area contributed by atoms with Crippen LogP contribution < -0.4 is 15.5 Å². The lowest BCUT2D eigenvalue weighted by atomic mass is 10.0. The molecule has 0 bridgehead atoms. The van der Waals surface area contributed by atoms with Crippen molar-refractivity contribution in [2.45, 2.75) is 38.8 Å².